The molecule has 0 spiro atoms. The van der Waals surface area contributed by atoms with Crippen LogP contribution in [0.2, 0.25) is 0 Å². The minimum Gasteiger partial charge on any atom is -0.302 e. The first-order valence-electron chi connectivity index (χ1n) is 10.7. The highest BCUT2D eigenvalue weighted by atomic mass is 31.1. The zero-order valence-electron chi connectivity index (χ0n) is 18.3. The Morgan fingerprint density at radius 3 is 2.58 bits per heavy atom. The van der Waals surface area contributed by atoms with Crippen molar-refractivity contribution in [2.75, 3.05) is 6.16 Å². The summed E-state index contributed by atoms with van der Waals surface area (Å²) < 4.78 is 0. The lowest BCUT2D eigenvalue weighted by atomic mass is 9.90. The van der Waals surface area contributed by atoms with Gasteiger partial charge >= 0.3 is 0 Å². The maximum Gasteiger partial charge on any atom is 0.269 e. The van der Waals surface area contributed by atoms with Crippen LogP contribution in [0.3, 0.4) is 0 Å². The fraction of sp³-hybridized carbons (Fsp3) is 0.148. The van der Waals surface area contributed by atoms with Crippen LogP contribution < -0.4 is 5.32 Å². The first kappa shape index (κ1) is 22.6. The molecule has 0 saturated carbocycles. The van der Waals surface area contributed by atoms with Crippen molar-refractivity contribution in [2.45, 2.75) is 19.5 Å². The molecule has 1 aliphatic rings. The molecule has 0 amide bonds. The van der Waals surface area contributed by atoms with Gasteiger partial charge in [0.2, 0.25) is 0 Å². The molecule has 0 aromatic heterocycles. The zero-order chi connectivity index (χ0) is 23.2. The van der Waals surface area contributed by atoms with Gasteiger partial charge in [-0.1, -0.05) is 69.0 Å². The molecule has 3 aromatic rings. The first-order valence-corrected chi connectivity index (χ1v) is 12.0. The van der Waals surface area contributed by atoms with E-state index in [1.54, 1.807) is 12.1 Å². The third-order valence-electron chi connectivity index (χ3n) is 5.74. The zero-order valence-corrected chi connectivity index (χ0v) is 19.3. The average molecular weight is 453 g/mol. The molecule has 1 N–H and O–H groups in total. The first-order chi connectivity index (χ1) is 16.1. The average Bonchev–Trinajstić information content (AvgIpc) is 2.85. The van der Waals surface area contributed by atoms with Crippen molar-refractivity contribution in [1.29, 1.82) is 5.26 Å². The van der Waals surface area contributed by atoms with Gasteiger partial charge in [-0.3, -0.25) is 10.1 Å². The molecule has 0 fully saturated rings. The Kier molecular flexibility index (Phi) is 7.10. The second-order valence-corrected chi connectivity index (χ2v) is 9.03. The molecule has 2 atom stereocenters. The molecule has 0 saturated heterocycles. The second kappa shape index (κ2) is 10.4. The van der Waals surface area contributed by atoms with Gasteiger partial charge in [-0.05, 0) is 53.0 Å². The van der Waals surface area contributed by atoms with Gasteiger partial charge < -0.3 is 5.32 Å². The van der Waals surface area contributed by atoms with Crippen LogP contribution >= 0.6 is 8.58 Å². The van der Waals surface area contributed by atoms with Gasteiger partial charge in [-0.15, -0.1) is 0 Å². The van der Waals surface area contributed by atoms with Crippen molar-refractivity contribution >= 4 is 14.3 Å². The van der Waals surface area contributed by atoms with Crippen LogP contribution in [0.15, 0.2) is 90.3 Å². The van der Waals surface area contributed by atoms with E-state index < -0.39 is 0 Å². The summed E-state index contributed by atoms with van der Waals surface area (Å²) in [5.41, 5.74) is 7.10. The largest absolute Gasteiger partial charge is 0.302 e. The molecule has 4 rings (SSSR count). The molecule has 164 valence electrons. The number of nitrogens with one attached hydrogen (secondary N) is 1. The molecule has 6 heteroatoms. The van der Waals surface area contributed by atoms with E-state index in [0.717, 1.165) is 42.6 Å². The molecule has 3 aromatic carbocycles. The molecule has 1 heterocycles. The van der Waals surface area contributed by atoms with E-state index in [0.29, 0.717) is 12.1 Å². The Bertz CT molecular complexity index is 1270. The Morgan fingerprint density at radius 2 is 1.91 bits per heavy atom. The number of nitriles is 1. The monoisotopic (exact) mass is 453 g/mol. The molecule has 33 heavy (non-hydrogen) atoms. The predicted molar refractivity (Wildman–Crippen MR) is 134 cm³/mol. The van der Waals surface area contributed by atoms with Crippen LogP contribution in [0.4, 0.5) is 5.69 Å². The number of benzene rings is 3. The summed E-state index contributed by atoms with van der Waals surface area (Å²) in [5.74, 6) is 2.28. The third-order valence-corrected chi connectivity index (χ3v) is 6.75. The van der Waals surface area contributed by atoms with Crippen LogP contribution in [0, 0.1) is 28.4 Å². The number of hydrogen-bond donors (Lipinski definition) is 1. The number of hydrogen-bond acceptors (Lipinski definition) is 4. The summed E-state index contributed by atoms with van der Waals surface area (Å²) >= 11 is 0. The molecule has 2 unspecified atom stereocenters. The van der Waals surface area contributed by atoms with Gasteiger partial charge in [0.1, 0.15) is 0 Å². The molecular weight excluding hydrogens is 429 g/mol. The summed E-state index contributed by atoms with van der Waals surface area (Å²) in [5, 5.41) is 24.3. The molecule has 0 aliphatic carbocycles. The summed E-state index contributed by atoms with van der Waals surface area (Å²) in [7, 11) is 0.736. The number of nitro benzene ring substituents is 1. The van der Waals surface area contributed by atoms with Crippen LogP contribution in [-0.4, -0.2) is 11.1 Å². The van der Waals surface area contributed by atoms with Crippen molar-refractivity contribution in [1.82, 2.24) is 5.32 Å². The highest BCUT2D eigenvalue weighted by Gasteiger charge is 2.19. The number of allylic oxidation sites excluding steroid dienone is 1. The SMILES string of the molecule is Cc1ccccc1-c1cc(C(NCc2ccc([N+](=O)[O-])cc2)C2=CPCC=C2)ccc1C#N. The maximum absolute atomic E-state index is 10.9. The highest BCUT2D eigenvalue weighted by molar-refractivity contribution is 7.42. The Hall–Kier alpha value is -3.58. The Balaban J connectivity index is 1.69. The van der Waals surface area contributed by atoms with Crippen molar-refractivity contribution in [3.8, 4) is 17.2 Å². The van der Waals surface area contributed by atoms with Gasteiger partial charge in [0.05, 0.1) is 22.6 Å². The number of nitrogens with zero attached hydrogens (tertiary/aromatic N) is 2. The molecule has 5 nitrogen and oxygen atoms in total. The fourth-order valence-corrected chi connectivity index (χ4v) is 4.86. The van der Waals surface area contributed by atoms with Gasteiger partial charge in [-0.25, -0.2) is 0 Å². The number of nitro groups is 1. The highest BCUT2D eigenvalue weighted by Crippen LogP contribution is 2.35. The van der Waals surface area contributed by atoms with E-state index in [4.69, 9.17) is 0 Å². The molecule has 1 aliphatic heterocycles. The molecule has 0 radical (unpaired) electrons. The maximum atomic E-state index is 10.9. The van der Waals surface area contributed by atoms with Gasteiger partial charge in [0.15, 0.2) is 0 Å². The van der Waals surface area contributed by atoms with E-state index in [1.807, 2.05) is 24.3 Å². The lowest BCUT2D eigenvalue weighted by Gasteiger charge is -2.23. The van der Waals surface area contributed by atoms with E-state index in [-0.39, 0.29) is 16.7 Å². The van der Waals surface area contributed by atoms with Crippen LogP contribution in [-0.2, 0) is 6.54 Å². The minimum atomic E-state index is -0.386. The Labute approximate surface area is 195 Å². The summed E-state index contributed by atoms with van der Waals surface area (Å²) in [6, 6.07) is 23.0. The number of rotatable bonds is 7. The van der Waals surface area contributed by atoms with E-state index >= 15 is 0 Å². The molecule has 0 bridgehead atoms. The van der Waals surface area contributed by atoms with Crippen LogP contribution in [0.1, 0.15) is 28.3 Å². The van der Waals surface area contributed by atoms with Crippen molar-refractivity contribution in [3.05, 3.63) is 123 Å². The van der Waals surface area contributed by atoms with E-state index in [9.17, 15) is 15.4 Å². The van der Waals surface area contributed by atoms with Gasteiger partial charge in [0, 0.05) is 24.2 Å². The lowest BCUT2D eigenvalue weighted by molar-refractivity contribution is -0.384. The van der Waals surface area contributed by atoms with E-state index in [1.165, 1.54) is 17.7 Å². The van der Waals surface area contributed by atoms with Gasteiger partial charge in [-0.2, -0.15) is 5.26 Å². The Morgan fingerprint density at radius 1 is 1.12 bits per heavy atom. The van der Waals surface area contributed by atoms with Crippen LogP contribution in [0.5, 0.6) is 0 Å². The number of aryl methyl sites for hydroxylation is 1. The summed E-state index contributed by atoms with van der Waals surface area (Å²) in [4.78, 5) is 10.6. The lowest BCUT2D eigenvalue weighted by Crippen LogP contribution is -2.23. The third kappa shape index (κ3) is 5.26. The normalized spacial score (nSPS) is 14.5. The quantitative estimate of drug-likeness (QED) is 0.255. The van der Waals surface area contributed by atoms with Crippen molar-refractivity contribution in [3.63, 3.8) is 0 Å². The topological polar surface area (TPSA) is 79.0 Å². The van der Waals surface area contributed by atoms with Crippen LogP contribution in [0.25, 0.3) is 11.1 Å². The van der Waals surface area contributed by atoms with Crippen molar-refractivity contribution < 1.29 is 4.92 Å². The summed E-state index contributed by atoms with van der Waals surface area (Å²) in [6.45, 7) is 2.62. The standard InChI is InChI=1S/C27H24N3O2P/c1-19-5-2-3-7-25(19)26-15-21(10-11-22(26)16-28)27(23-6-4-14-33-18-23)29-17-20-8-12-24(13-9-20)30(31)32/h2-13,15,18,27,29,33H,14,17H2,1H3. The minimum absolute atomic E-state index is 0.0558. The van der Waals surface area contributed by atoms with Gasteiger partial charge in [0.25, 0.3) is 5.69 Å². The second-order valence-electron chi connectivity index (χ2n) is 7.92. The summed E-state index contributed by atoms with van der Waals surface area (Å²) in [6.07, 6.45) is 5.41. The van der Waals surface area contributed by atoms with E-state index in [2.05, 4.69) is 54.5 Å². The smallest absolute Gasteiger partial charge is 0.269 e. The van der Waals surface area contributed by atoms with Crippen molar-refractivity contribution in [2.24, 2.45) is 0 Å². The number of non-ortho nitro benzene ring substituents is 1. The molecular formula is C27H24N3O2P. The fourth-order valence-electron chi connectivity index (χ4n) is 3.99. The predicted octanol–water partition coefficient (Wildman–Crippen LogP) is 6.41.